The summed E-state index contributed by atoms with van der Waals surface area (Å²) in [5.74, 6) is 0.273. The molecule has 30 heavy (non-hydrogen) atoms. The van der Waals surface area contributed by atoms with Gasteiger partial charge in [0.2, 0.25) is 10.0 Å². The highest BCUT2D eigenvalue weighted by atomic mass is 32.2. The Morgan fingerprint density at radius 2 is 1.70 bits per heavy atom. The quantitative estimate of drug-likeness (QED) is 0.480. The third-order valence-corrected chi connectivity index (χ3v) is 6.23. The molecule has 0 aliphatic carbocycles. The van der Waals surface area contributed by atoms with E-state index < -0.39 is 10.0 Å². The van der Waals surface area contributed by atoms with Crippen molar-refractivity contribution in [3.8, 4) is 0 Å². The van der Waals surface area contributed by atoms with Crippen LogP contribution in [0.5, 0.6) is 0 Å². The van der Waals surface area contributed by atoms with Gasteiger partial charge in [-0.2, -0.15) is 0 Å². The lowest BCUT2D eigenvalue weighted by Gasteiger charge is -2.22. The van der Waals surface area contributed by atoms with Gasteiger partial charge in [0.1, 0.15) is 11.8 Å². The van der Waals surface area contributed by atoms with Crippen molar-refractivity contribution in [2.24, 2.45) is 0 Å². The predicted octanol–water partition coefficient (Wildman–Crippen LogP) is 1.37. The lowest BCUT2D eigenvalue weighted by Crippen LogP contribution is -3.07. The maximum Gasteiger partial charge on any atom is 0.251 e. The van der Waals surface area contributed by atoms with Crippen molar-refractivity contribution in [1.82, 2.24) is 10.0 Å². The zero-order valence-corrected chi connectivity index (χ0v) is 17.8. The van der Waals surface area contributed by atoms with Gasteiger partial charge in [0, 0.05) is 11.1 Å². The normalized spacial score (nSPS) is 12.6. The van der Waals surface area contributed by atoms with Crippen LogP contribution in [-0.2, 0) is 16.6 Å². The van der Waals surface area contributed by atoms with Crippen LogP contribution in [0.3, 0.4) is 0 Å². The van der Waals surface area contributed by atoms with Gasteiger partial charge in [0.15, 0.2) is 0 Å². The molecule has 1 heterocycles. The summed E-state index contributed by atoms with van der Waals surface area (Å²) in [7, 11) is 0.385. The fourth-order valence-corrected chi connectivity index (χ4v) is 4.08. The van der Waals surface area contributed by atoms with Crippen LogP contribution < -0.4 is 14.9 Å². The van der Waals surface area contributed by atoms with Crippen LogP contribution in [-0.4, -0.2) is 35.0 Å². The number of amides is 1. The Morgan fingerprint density at radius 3 is 2.30 bits per heavy atom. The van der Waals surface area contributed by atoms with Crippen LogP contribution in [0.4, 0.5) is 0 Å². The number of furan rings is 1. The third-order valence-electron chi connectivity index (χ3n) is 4.81. The number of likely N-dealkylation sites (N-methyl/N-ethyl adjacent to an activating group) is 1. The fraction of sp³-hybridized carbons (Fsp3) is 0.227. The van der Waals surface area contributed by atoms with Crippen molar-refractivity contribution >= 4 is 15.9 Å². The van der Waals surface area contributed by atoms with Crippen molar-refractivity contribution in [3.63, 3.8) is 0 Å². The van der Waals surface area contributed by atoms with Gasteiger partial charge in [-0.3, -0.25) is 4.79 Å². The molecule has 1 aromatic heterocycles. The molecular weight excluding hydrogens is 402 g/mol. The van der Waals surface area contributed by atoms with E-state index in [-0.39, 0.29) is 23.4 Å². The van der Waals surface area contributed by atoms with Gasteiger partial charge in [-0.15, -0.1) is 0 Å². The van der Waals surface area contributed by atoms with E-state index in [1.807, 2.05) is 44.4 Å². The Labute approximate surface area is 176 Å². The molecule has 3 aromatic rings. The lowest BCUT2D eigenvalue weighted by atomic mass is 10.1. The second-order valence-electron chi connectivity index (χ2n) is 7.18. The minimum absolute atomic E-state index is 0.0608. The Morgan fingerprint density at radius 1 is 1.00 bits per heavy atom. The molecule has 0 radical (unpaired) electrons. The Kier molecular flexibility index (Phi) is 7.04. The first kappa shape index (κ1) is 21.8. The van der Waals surface area contributed by atoms with E-state index in [2.05, 4.69) is 10.0 Å². The van der Waals surface area contributed by atoms with Crippen LogP contribution in [0.25, 0.3) is 0 Å². The molecule has 1 atom stereocenters. The van der Waals surface area contributed by atoms with E-state index in [0.717, 1.165) is 5.56 Å². The maximum atomic E-state index is 12.5. The number of hydrogen-bond donors (Lipinski definition) is 3. The largest absolute Gasteiger partial charge is 0.468 e. The third kappa shape index (κ3) is 5.56. The van der Waals surface area contributed by atoms with Crippen molar-refractivity contribution in [2.75, 3.05) is 20.6 Å². The predicted molar refractivity (Wildman–Crippen MR) is 114 cm³/mol. The van der Waals surface area contributed by atoms with E-state index >= 15 is 0 Å². The van der Waals surface area contributed by atoms with E-state index in [1.54, 1.807) is 12.1 Å². The Balaban J connectivity index is 1.61. The Hall–Kier alpha value is -2.94. The maximum absolute atomic E-state index is 12.5. The molecule has 158 valence electrons. The van der Waals surface area contributed by atoms with E-state index in [4.69, 9.17) is 4.42 Å². The molecule has 3 N–H and O–H groups in total. The number of benzene rings is 2. The van der Waals surface area contributed by atoms with Crippen LogP contribution >= 0.6 is 0 Å². The molecule has 3 rings (SSSR count). The van der Waals surface area contributed by atoms with Gasteiger partial charge in [-0.1, -0.05) is 30.3 Å². The first-order chi connectivity index (χ1) is 14.4. The topological polar surface area (TPSA) is 92.9 Å². The molecule has 0 spiro atoms. The molecule has 0 aliphatic heterocycles. The first-order valence-corrected chi connectivity index (χ1v) is 11.1. The summed E-state index contributed by atoms with van der Waals surface area (Å²) >= 11 is 0. The molecular formula is C22H26N3O4S+. The molecule has 7 nitrogen and oxygen atoms in total. The second-order valence-corrected chi connectivity index (χ2v) is 8.95. The number of sulfonamides is 1. The minimum atomic E-state index is -3.70. The van der Waals surface area contributed by atoms with Gasteiger partial charge < -0.3 is 14.6 Å². The first-order valence-electron chi connectivity index (χ1n) is 9.62. The van der Waals surface area contributed by atoms with Crippen LogP contribution in [0.2, 0.25) is 0 Å². The number of carbonyl (C=O) groups excluding carboxylic acids is 1. The summed E-state index contributed by atoms with van der Waals surface area (Å²) in [5, 5.41) is 2.94. The summed E-state index contributed by atoms with van der Waals surface area (Å²) in [6.07, 6.45) is 1.48. The smallest absolute Gasteiger partial charge is 0.251 e. The molecule has 1 amide bonds. The van der Waals surface area contributed by atoms with Gasteiger partial charge >= 0.3 is 0 Å². The summed E-state index contributed by atoms with van der Waals surface area (Å²) in [4.78, 5) is 13.8. The standard InChI is InChI=1S/C22H25N3O4S/c1-25(2)21(17-7-4-3-5-8-17)16-23-22(26)18-10-12-20(13-11-18)30(27,28)24-15-19-9-6-14-29-19/h3-14,21,24H,15-16H2,1-2H3,(H,23,26)/p+1/t21-/m0/s1. The number of rotatable bonds is 9. The molecule has 2 aromatic carbocycles. The fourth-order valence-electron chi connectivity index (χ4n) is 3.09. The van der Waals surface area contributed by atoms with Gasteiger partial charge in [0.05, 0.1) is 38.3 Å². The molecule has 0 bridgehead atoms. The molecule has 0 saturated heterocycles. The molecule has 0 saturated carbocycles. The summed E-state index contributed by atoms with van der Waals surface area (Å²) < 4.78 is 32.4. The summed E-state index contributed by atoms with van der Waals surface area (Å²) in [5.41, 5.74) is 1.54. The van der Waals surface area contributed by atoms with Crippen molar-refractivity contribution in [1.29, 1.82) is 0 Å². The van der Waals surface area contributed by atoms with Crippen molar-refractivity contribution in [2.45, 2.75) is 17.5 Å². The molecule has 0 unspecified atom stereocenters. The highest BCUT2D eigenvalue weighted by Crippen LogP contribution is 2.13. The molecule has 0 fully saturated rings. The highest BCUT2D eigenvalue weighted by molar-refractivity contribution is 7.89. The van der Waals surface area contributed by atoms with Gasteiger partial charge in [-0.05, 0) is 36.4 Å². The summed E-state index contributed by atoms with van der Waals surface area (Å²) in [6.45, 7) is 0.529. The van der Waals surface area contributed by atoms with Crippen LogP contribution in [0.15, 0.2) is 82.3 Å². The van der Waals surface area contributed by atoms with Gasteiger partial charge in [-0.25, -0.2) is 13.1 Å². The Bertz CT molecular complexity index is 1050. The lowest BCUT2D eigenvalue weighted by molar-refractivity contribution is -0.890. The van der Waals surface area contributed by atoms with Crippen LogP contribution in [0, 0.1) is 0 Å². The molecule has 8 heteroatoms. The van der Waals surface area contributed by atoms with Gasteiger partial charge in [0.25, 0.3) is 5.91 Å². The number of quaternary nitrogens is 1. The van der Waals surface area contributed by atoms with E-state index in [0.29, 0.717) is 17.9 Å². The van der Waals surface area contributed by atoms with Crippen molar-refractivity contribution in [3.05, 3.63) is 89.9 Å². The highest BCUT2D eigenvalue weighted by Gasteiger charge is 2.19. The zero-order chi connectivity index (χ0) is 21.6. The minimum Gasteiger partial charge on any atom is -0.468 e. The van der Waals surface area contributed by atoms with Crippen LogP contribution in [0.1, 0.15) is 27.7 Å². The number of carbonyl (C=O) groups is 1. The number of hydrogen-bond acceptors (Lipinski definition) is 4. The molecule has 0 aliphatic rings. The van der Waals surface area contributed by atoms with E-state index in [1.165, 1.54) is 35.4 Å². The van der Waals surface area contributed by atoms with E-state index in [9.17, 15) is 13.2 Å². The monoisotopic (exact) mass is 428 g/mol. The average molecular weight is 429 g/mol. The summed E-state index contributed by atoms with van der Waals surface area (Å²) in [6, 6.07) is 19.4. The average Bonchev–Trinajstić information content (AvgIpc) is 3.27. The zero-order valence-electron chi connectivity index (χ0n) is 17.0. The van der Waals surface area contributed by atoms with Crippen molar-refractivity contribution < 1.29 is 22.5 Å². The SMILES string of the molecule is C[NH+](C)[C@@H](CNC(=O)c1ccc(S(=O)(=O)NCc2ccco2)cc1)c1ccccc1. The number of nitrogens with one attached hydrogen (secondary N) is 3. The second kappa shape index (κ2) is 9.71.